The summed E-state index contributed by atoms with van der Waals surface area (Å²) in [7, 11) is 0. The van der Waals surface area contributed by atoms with Gasteiger partial charge in [0.25, 0.3) is 0 Å². The van der Waals surface area contributed by atoms with Crippen LogP contribution >= 0.6 is 0 Å². The molecule has 0 saturated carbocycles. The van der Waals surface area contributed by atoms with E-state index in [0.717, 1.165) is 16.8 Å². The fourth-order valence-corrected chi connectivity index (χ4v) is 5.11. The van der Waals surface area contributed by atoms with E-state index < -0.39 is 0 Å². The molecule has 0 amide bonds. The molecule has 0 saturated heterocycles. The Bertz CT molecular complexity index is 1520. The molecule has 4 heteroatoms. The number of aliphatic hydroxyl groups excluding tert-OH is 1. The molecular formula is C31H26IrNO2-. The van der Waals surface area contributed by atoms with E-state index in [1.54, 1.807) is 0 Å². The van der Waals surface area contributed by atoms with Crippen LogP contribution in [0.4, 0.5) is 0 Å². The van der Waals surface area contributed by atoms with Crippen LogP contribution in [0.15, 0.2) is 72.5 Å². The molecule has 3 aromatic carbocycles. The Balaban J connectivity index is 0.000000320. The number of fused-ring (bicyclic) bond motifs is 3. The molecule has 0 atom stereocenters. The average Bonchev–Trinajstić information content (AvgIpc) is 3.32. The molecule has 35 heavy (non-hydrogen) atoms. The van der Waals surface area contributed by atoms with Crippen molar-refractivity contribution >= 4 is 28.8 Å². The summed E-state index contributed by atoms with van der Waals surface area (Å²) in [5, 5.41) is 9.62. The summed E-state index contributed by atoms with van der Waals surface area (Å²) in [5.41, 5.74) is 11.0. The van der Waals surface area contributed by atoms with Crippen molar-refractivity contribution in [3.8, 4) is 22.4 Å². The number of allylic oxidation sites excluding steroid dienone is 2. The zero-order valence-corrected chi connectivity index (χ0v) is 22.5. The number of carbonyl (C=O) groups excluding carboxylic acids is 1. The molecule has 4 aromatic rings. The third-order valence-electron chi connectivity index (χ3n) is 6.55. The van der Waals surface area contributed by atoms with Gasteiger partial charge in [0, 0.05) is 31.6 Å². The van der Waals surface area contributed by atoms with E-state index in [4.69, 9.17) is 10.1 Å². The Kier molecular flexibility index (Phi) is 6.64. The number of pyridine rings is 1. The summed E-state index contributed by atoms with van der Waals surface area (Å²) in [6, 6.07) is 25.1. The first-order valence-corrected chi connectivity index (χ1v) is 11.4. The van der Waals surface area contributed by atoms with Gasteiger partial charge in [0.1, 0.15) is 0 Å². The van der Waals surface area contributed by atoms with Crippen LogP contribution in [0.2, 0.25) is 0 Å². The smallest absolute Gasteiger partial charge is 0.155 e. The number of hydrogen-bond acceptors (Lipinski definition) is 3. The predicted octanol–water partition coefficient (Wildman–Crippen LogP) is 7.53. The number of hydrogen-bond donors (Lipinski definition) is 1. The number of aliphatic hydroxyl groups is 1. The van der Waals surface area contributed by atoms with Crippen molar-refractivity contribution in [3.63, 3.8) is 0 Å². The Morgan fingerprint density at radius 2 is 1.71 bits per heavy atom. The minimum atomic E-state index is -0.125. The van der Waals surface area contributed by atoms with Gasteiger partial charge in [0.2, 0.25) is 0 Å². The van der Waals surface area contributed by atoms with Gasteiger partial charge in [-0.3, -0.25) is 9.78 Å². The molecule has 1 heterocycles. The normalized spacial score (nSPS) is 14.0. The summed E-state index contributed by atoms with van der Waals surface area (Å²) < 4.78 is 0. The molecule has 1 N–H and O–H groups in total. The van der Waals surface area contributed by atoms with Crippen LogP contribution in [0.5, 0.6) is 0 Å². The second-order valence-electron chi connectivity index (χ2n) is 9.38. The maximum absolute atomic E-state index is 10.0. The van der Waals surface area contributed by atoms with Crippen LogP contribution in [0.3, 0.4) is 0 Å². The fraction of sp³-hybridized carbons (Fsp3) is 0.161. The fourth-order valence-electron chi connectivity index (χ4n) is 5.11. The van der Waals surface area contributed by atoms with Gasteiger partial charge in [-0.15, -0.1) is 29.3 Å². The number of aromatic nitrogens is 1. The molecule has 1 aromatic heterocycles. The molecule has 0 bridgehead atoms. The predicted molar refractivity (Wildman–Crippen MR) is 140 cm³/mol. The van der Waals surface area contributed by atoms with Crippen LogP contribution < -0.4 is 0 Å². The number of ketones is 1. The molecule has 177 valence electrons. The monoisotopic (exact) mass is 637 g/mol. The maximum Gasteiger partial charge on any atom is 0.155 e. The van der Waals surface area contributed by atoms with Gasteiger partial charge in [-0.25, -0.2) is 0 Å². The van der Waals surface area contributed by atoms with Crippen molar-refractivity contribution in [2.24, 2.45) is 0 Å². The second-order valence-corrected chi connectivity index (χ2v) is 9.38. The number of benzene rings is 3. The van der Waals surface area contributed by atoms with Crippen LogP contribution in [0.1, 0.15) is 49.9 Å². The van der Waals surface area contributed by atoms with E-state index in [-0.39, 0.29) is 37.1 Å². The summed E-state index contributed by atoms with van der Waals surface area (Å²) in [4.78, 5) is 15.1. The topological polar surface area (TPSA) is 50.2 Å². The zero-order valence-electron chi connectivity index (χ0n) is 20.1. The Morgan fingerprint density at radius 1 is 0.971 bits per heavy atom. The largest absolute Gasteiger partial charge is 0.512 e. The standard InChI is InChI=1S/C26H18N.C5H8O2.Ir/c1-26(2)20-10-4-3-8-18(20)25-19(9-6-11-21(25)26)23-15-17-14-13-16-7-5-12-22(27-23)24(16)17;1-4(6)3-5(2)7;/h3-8,10-15H,1-2H3;3,6H,1-2H3;/q-1;;/b;4-3-;. The van der Waals surface area contributed by atoms with E-state index in [2.05, 4.69) is 92.7 Å². The van der Waals surface area contributed by atoms with E-state index in [0.29, 0.717) is 0 Å². The van der Waals surface area contributed by atoms with E-state index in [1.807, 2.05) is 0 Å². The molecular weight excluding hydrogens is 611 g/mol. The SMILES string of the molecule is CC(=O)/C=C(/C)O.CC1(C)c2ccccc2-c2c(-c3cc4c5c(cccc5n3)C=C4)[c-]ccc21.[Ir]. The molecule has 3 nitrogen and oxygen atoms in total. The maximum atomic E-state index is 10.0. The van der Waals surface area contributed by atoms with E-state index >= 15 is 0 Å². The second kappa shape index (κ2) is 9.37. The van der Waals surface area contributed by atoms with Gasteiger partial charge < -0.3 is 5.11 Å². The van der Waals surface area contributed by atoms with Crippen molar-refractivity contribution in [2.75, 3.05) is 0 Å². The molecule has 1 radical (unpaired) electrons. The zero-order chi connectivity index (χ0) is 24.0. The first-order valence-electron chi connectivity index (χ1n) is 11.4. The minimum absolute atomic E-state index is 0. The molecule has 0 spiro atoms. The minimum Gasteiger partial charge on any atom is -0.512 e. The molecule has 2 aliphatic carbocycles. The third kappa shape index (κ3) is 4.29. The molecule has 0 aliphatic heterocycles. The van der Waals surface area contributed by atoms with Crippen molar-refractivity contribution in [1.29, 1.82) is 0 Å². The summed E-state index contributed by atoms with van der Waals surface area (Å²) in [6.07, 6.45) is 5.55. The van der Waals surface area contributed by atoms with Crippen LogP contribution in [-0.2, 0) is 30.3 Å². The van der Waals surface area contributed by atoms with Gasteiger partial charge in [-0.05, 0) is 47.7 Å². The van der Waals surface area contributed by atoms with Crippen molar-refractivity contribution in [2.45, 2.75) is 33.1 Å². The quantitative estimate of drug-likeness (QED) is 0.124. The van der Waals surface area contributed by atoms with Gasteiger partial charge >= 0.3 is 0 Å². The summed E-state index contributed by atoms with van der Waals surface area (Å²) >= 11 is 0. The molecule has 6 rings (SSSR count). The van der Waals surface area contributed by atoms with Gasteiger partial charge in [0.15, 0.2) is 5.78 Å². The van der Waals surface area contributed by atoms with Crippen molar-refractivity contribution in [1.82, 2.24) is 4.98 Å². The summed E-state index contributed by atoms with van der Waals surface area (Å²) in [6.45, 7) is 7.47. The van der Waals surface area contributed by atoms with Gasteiger partial charge in [-0.2, -0.15) is 0 Å². The first kappa shape index (κ1) is 24.8. The van der Waals surface area contributed by atoms with E-state index in [1.165, 1.54) is 58.7 Å². The van der Waals surface area contributed by atoms with E-state index in [9.17, 15) is 4.79 Å². The Hall–Kier alpha value is -3.33. The van der Waals surface area contributed by atoms with Crippen LogP contribution in [-0.4, -0.2) is 15.9 Å². The Morgan fingerprint density at radius 3 is 2.43 bits per heavy atom. The van der Waals surface area contributed by atoms with Gasteiger partial charge in [0.05, 0.1) is 11.3 Å². The number of rotatable bonds is 2. The van der Waals surface area contributed by atoms with Crippen LogP contribution in [0, 0.1) is 6.07 Å². The summed E-state index contributed by atoms with van der Waals surface area (Å²) in [5.74, 6) is -0.0625. The van der Waals surface area contributed by atoms with Gasteiger partial charge in [-0.1, -0.05) is 79.6 Å². The average molecular weight is 637 g/mol. The molecule has 0 unspecified atom stereocenters. The number of carbonyl (C=O) groups is 1. The number of nitrogens with zero attached hydrogens (tertiary/aromatic N) is 1. The third-order valence-corrected chi connectivity index (χ3v) is 6.55. The van der Waals surface area contributed by atoms with Crippen LogP contribution in [0.25, 0.3) is 45.4 Å². The first-order chi connectivity index (χ1) is 16.3. The molecule has 0 fully saturated rings. The van der Waals surface area contributed by atoms with Crippen molar-refractivity contribution in [3.05, 3.63) is 101 Å². The van der Waals surface area contributed by atoms with Crippen molar-refractivity contribution < 1.29 is 30.0 Å². The molecule has 2 aliphatic rings. The Labute approximate surface area is 219 Å².